The molecule has 0 aromatic heterocycles. The predicted molar refractivity (Wildman–Crippen MR) is 123 cm³/mol. The van der Waals surface area contributed by atoms with Crippen molar-refractivity contribution >= 4 is 28.8 Å². The van der Waals surface area contributed by atoms with Gasteiger partial charge in [0.2, 0.25) is 0 Å². The van der Waals surface area contributed by atoms with Gasteiger partial charge in [0.05, 0.1) is 17.4 Å². The molecule has 2 amide bonds. The zero-order valence-corrected chi connectivity index (χ0v) is 18.1. The van der Waals surface area contributed by atoms with Crippen LogP contribution < -0.4 is 14.5 Å². The first kappa shape index (κ1) is 21.3. The molecule has 0 N–H and O–H groups in total. The number of carbonyl (C=O) groups is 2. The van der Waals surface area contributed by atoms with Crippen molar-refractivity contribution in [1.29, 1.82) is 0 Å². The molecule has 0 radical (unpaired) electrons. The molecular formula is C26H23FN2O3. The lowest BCUT2D eigenvalue weighted by Crippen LogP contribution is -2.34. The van der Waals surface area contributed by atoms with Gasteiger partial charge in [-0.15, -0.1) is 0 Å². The van der Waals surface area contributed by atoms with Gasteiger partial charge in [-0.05, 0) is 67.9 Å². The van der Waals surface area contributed by atoms with E-state index in [0.29, 0.717) is 17.0 Å². The molecule has 1 aliphatic rings. The van der Waals surface area contributed by atoms with Crippen LogP contribution in [0.2, 0.25) is 0 Å². The highest BCUT2D eigenvalue weighted by molar-refractivity contribution is 6.46. The van der Waals surface area contributed by atoms with Crippen molar-refractivity contribution < 1.29 is 18.7 Å². The molecule has 0 saturated heterocycles. The van der Waals surface area contributed by atoms with E-state index >= 15 is 0 Å². The van der Waals surface area contributed by atoms with E-state index < -0.39 is 17.6 Å². The second kappa shape index (κ2) is 8.67. The molecular weight excluding hydrogens is 407 g/mol. The molecule has 32 heavy (non-hydrogen) atoms. The first-order valence-electron chi connectivity index (χ1n) is 10.3. The third kappa shape index (κ3) is 3.99. The zero-order valence-electron chi connectivity index (χ0n) is 18.1. The van der Waals surface area contributed by atoms with E-state index in [9.17, 15) is 14.0 Å². The van der Waals surface area contributed by atoms with Gasteiger partial charge >= 0.3 is 0 Å². The quantitative estimate of drug-likeness (QED) is 0.515. The van der Waals surface area contributed by atoms with Crippen LogP contribution in [0.5, 0.6) is 5.75 Å². The monoisotopic (exact) mass is 430 g/mol. The average Bonchev–Trinajstić information content (AvgIpc) is 3.05. The maximum atomic E-state index is 13.5. The Bertz CT molecular complexity index is 1170. The Morgan fingerprint density at radius 3 is 2.06 bits per heavy atom. The van der Waals surface area contributed by atoms with Crippen molar-refractivity contribution in [3.63, 3.8) is 0 Å². The van der Waals surface area contributed by atoms with E-state index in [1.165, 1.54) is 24.3 Å². The highest BCUT2D eigenvalue weighted by Crippen LogP contribution is 2.36. The van der Waals surface area contributed by atoms with E-state index in [0.717, 1.165) is 10.6 Å². The smallest absolute Gasteiger partial charge is 0.282 e. The second-order valence-electron chi connectivity index (χ2n) is 7.73. The van der Waals surface area contributed by atoms with E-state index in [1.54, 1.807) is 36.2 Å². The maximum absolute atomic E-state index is 13.5. The summed E-state index contributed by atoms with van der Waals surface area (Å²) in [6, 6.07) is 21.7. The second-order valence-corrected chi connectivity index (χ2v) is 7.73. The van der Waals surface area contributed by atoms with Gasteiger partial charge in [0.1, 0.15) is 17.3 Å². The highest BCUT2D eigenvalue weighted by Gasteiger charge is 2.42. The molecule has 1 aliphatic heterocycles. The van der Waals surface area contributed by atoms with Gasteiger partial charge in [-0.1, -0.05) is 30.3 Å². The number of carbonyl (C=O) groups excluding carboxylic acids is 2. The number of hydrogen-bond acceptors (Lipinski definition) is 4. The molecule has 0 fully saturated rings. The van der Waals surface area contributed by atoms with Gasteiger partial charge in [0, 0.05) is 12.7 Å². The molecule has 6 heteroatoms. The van der Waals surface area contributed by atoms with Crippen LogP contribution in [-0.2, 0) is 9.59 Å². The first-order valence-corrected chi connectivity index (χ1v) is 10.3. The number of hydrogen-bond donors (Lipinski definition) is 0. The van der Waals surface area contributed by atoms with Gasteiger partial charge in [0.25, 0.3) is 11.8 Å². The van der Waals surface area contributed by atoms with Crippen molar-refractivity contribution in [3.05, 3.63) is 95.9 Å². The predicted octanol–water partition coefficient (Wildman–Crippen LogP) is 5.03. The van der Waals surface area contributed by atoms with Crippen LogP contribution in [0, 0.1) is 5.82 Å². The fraction of sp³-hybridized carbons (Fsp3) is 0.154. The van der Waals surface area contributed by atoms with Crippen molar-refractivity contribution in [2.75, 3.05) is 16.8 Å². The summed E-state index contributed by atoms with van der Waals surface area (Å²) >= 11 is 0. The molecule has 1 heterocycles. The van der Waals surface area contributed by atoms with Crippen molar-refractivity contribution in [1.82, 2.24) is 0 Å². The fourth-order valence-corrected chi connectivity index (χ4v) is 3.67. The molecule has 3 aromatic rings. The summed E-state index contributed by atoms with van der Waals surface area (Å²) in [7, 11) is 1.75. The molecule has 0 spiro atoms. The van der Waals surface area contributed by atoms with Gasteiger partial charge < -0.3 is 9.64 Å². The Balaban J connectivity index is 1.82. The first-order chi connectivity index (χ1) is 15.4. The highest BCUT2D eigenvalue weighted by atomic mass is 19.1. The molecule has 162 valence electrons. The summed E-state index contributed by atoms with van der Waals surface area (Å²) in [5.41, 5.74) is 2.21. The minimum absolute atomic E-state index is 0.0171. The summed E-state index contributed by atoms with van der Waals surface area (Å²) in [5, 5.41) is 0. The molecule has 0 unspecified atom stereocenters. The molecule has 0 atom stereocenters. The largest absolute Gasteiger partial charge is 0.491 e. The SMILES string of the molecule is CC(C)Oc1ccc(C2=C(N(C)c3ccccc3)C(=O)N(c3ccc(F)cc3)C2=O)cc1. The molecule has 0 saturated carbocycles. The summed E-state index contributed by atoms with van der Waals surface area (Å²) < 4.78 is 19.1. The lowest BCUT2D eigenvalue weighted by Gasteiger charge is -2.21. The van der Waals surface area contributed by atoms with Crippen molar-refractivity contribution in [2.45, 2.75) is 20.0 Å². The number of halogens is 1. The van der Waals surface area contributed by atoms with E-state index in [4.69, 9.17) is 4.74 Å². The van der Waals surface area contributed by atoms with Gasteiger partial charge in [-0.2, -0.15) is 0 Å². The summed E-state index contributed by atoms with van der Waals surface area (Å²) in [6.07, 6.45) is 0.0171. The maximum Gasteiger partial charge on any atom is 0.282 e. The molecule has 4 rings (SSSR count). The zero-order chi connectivity index (χ0) is 22.8. The third-order valence-electron chi connectivity index (χ3n) is 5.14. The Morgan fingerprint density at radius 2 is 1.47 bits per heavy atom. The molecule has 3 aromatic carbocycles. The number of nitrogens with zero attached hydrogens (tertiary/aromatic N) is 2. The Morgan fingerprint density at radius 1 is 0.844 bits per heavy atom. The molecule has 0 bridgehead atoms. The fourth-order valence-electron chi connectivity index (χ4n) is 3.67. The number of likely N-dealkylation sites (N-methyl/N-ethyl adjacent to an activating group) is 1. The van der Waals surface area contributed by atoms with Crippen molar-refractivity contribution in [3.8, 4) is 5.75 Å². The summed E-state index contributed by atoms with van der Waals surface area (Å²) in [4.78, 5) is 29.8. The number of imide groups is 1. The number of ether oxygens (including phenoxy) is 1. The van der Waals surface area contributed by atoms with Crippen LogP contribution in [-0.4, -0.2) is 25.0 Å². The minimum Gasteiger partial charge on any atom is -0.491 e. The summed E-state index contributed by atoms with van der Waals surface area (Å²) in [6.45, 7) is 3.87. The van der Waals surface area contributed by atoms with Gasteiger partial charge in [0.15, 0.2) is 0 Å². The normalized spacial score (nSPS) is 13.8. The number of para-hydroxylation sites is 1. The van der Waals surface area contributed by atoms with Gasteiger partial charge in [-0.25, -0.2) is 9.29 Å². The van der Waals surface area contributed by atoms with Gasteiger partial charge in [-0.3, -0.25) is 9.59 Å². The molecule has 0 aliphatic carbocycles. The van der Waals surface area contributed by atoms with Crippen LogP contribution in [0.15, 0.2) is 84.6 Å². The number of anilines is 2. The Kier molecular flexibility index (Phi) is 5.77. The average molecular weight is 430 g/mol. The Hall–Kier alpha value is -3.93. The van der Waals surface area contributed by atoms with Crippen LogP contribution in [0.1, 0.15) is 19.4 Å². The topological polar surface area (TPSA) is 49.9 Å². The number of benzene rings is 3. The van der Waals surface area contributed by atoms with Crippen LogP contribution in [0.4, 0.5) is 15.8 Å². The van der Waals surface area contributed by atoms with E-state index in [1.807, 2.05) is 44.2 Å². The van der Waals surface area contributed by atoms with E-state index in [-0.39, 0.29) is 17.4 Å². The van der Waals surface area contributed by atoms with Crippen molar-refractivity contribution in [2.24, 2.45) is 0 Å². The van der Waals surface area contributed by atoms with Crippen LogP contribution in [0.25, 0.3) is 5.57 Å². The number of rotatable bonds is 6. The third-order valence-corrected chi connectivity index (χ3v) is 5.14. The summed E-state index contributed by atoms with van der Waals surface area (Å²) in [5.74, 6) is -0.694. The lowest BCUT2D eigenvalue weighted by atomic mass is 10.0. The molecule has 5 nitrogen and oxygen atoms in total. The van der Waals surface area contributed by atoms with Crippen LogP contribution >= 0.6 is 0 Å². The van der Waals surface area contributed by atoms with Crippen LogP contribution in [0.3, 0.4) is 0 Å². The van der Waals surface area contributed by atoms with E-state index in [2.05, 4.69) is 0 Å². The standard InChI is InChI=1S/C26H23FN2O3/c1-17(2)32-22-15-9-18(10-16-22)23-24(28(3)20-7-5-4-6-8-20)26(31)29(25(23)30)21-13-11-19(27)12-14-21/h4-17H,1-3H3. The minimum atomic E-state index is -0.467. The Labute approximate surface area is 186 Å². The number of amides is 2. The lowest BCUT2D eigenvalue weighted by molar-refractivity contribution is -0.120.